The van der Waals surface area contributed by atoms with Gasteiger partial charge in [-0.05, 0) is 53.1 Å². The zero-order valence-corrected chi connectivity index (χ0v) is 10.4. The molecule has 2 aromatic rings. The SMILES string of the molecule is C=C/C(=C\C=C(/C)F)c1ccc2sccc2c1. The van der Waals surface area contributed by atoms with Crippen LogP contribution in [0.1, 0.15) is 12.5 Å². The standard InChI is InChI=1S/C15H13FS/c1-3-12(5-4-11(2)16)13-6-7-15-14(10-13)8-9-17-15/h3-10H,1H2,2H3/b11-4+,12-5+. The second-order valence-electron chi connectivity index (χ2n) is 3.75. The van der Waals surface area contributed by atoms with Crippen molar-refractivity contribution in [3.05, 3.63) is 65.8 Å². The van der Waals surface area contributed by atoms with Crippen molar-refractivity contribution in [2.75, 3.05) is 0 Å². The molecule has 0 aliphatic heterocycles. The predicted octanol–water partition coefficient (Wildman–Crippen LogP) is 5.34. The first-order valence-electron chi connectivity index (χ1n) is 5.35. The maximum atomic E-state index is 12.7. The van der Waals surface area contributed by atoms with Crippen molar-refractivity contribution in [1.82, 2.24) is 0 Å². The molecule has 0 atom stereocenters. The molecule has 0 spiro atoms. The highest BCUT2D eigenvalue weighted by Crippen LogP contribution is 2.25. The van der Waals surface area contributed by atoms with Crippen LogP contribution in [0.5, 0.6) is 0 Å². The van der Waals surface area contributed by atoms with E-state index in [1.165, 1.54) is 23.1 Å². The van der Waals surface area contributed by atoms with E-state index in [1.807, 2.05) is 6.07 Å². The highest BCUT2D eigenvalue weighted by atomic mass is 32.1. The molecule has 0 N–H and O–H groups in total. The Bertz CT molecular complexity index is 598. The molecule has 0 amide bonds. The third kappa shape index (κ3) is 2.71. The third-order valence-electron chi connectivity index (χ3n) is 2.50. The van der Waals surface area contributed by atoms with Gasteiger partial charge in [-0.15, -0.1) is 11.3 Å². The number of hydrogen-bond donors (Lipinski definition) is 0. The molecule has 0 saturated heterocycles. The predicted molar refractivity (Wildman–Crippen MR) is 74.9 cm³/mol. The molecule has 1 aromatic heterocycles. The van der Waals surface area contributed by atoms with Gasteiger partial charge in [-0.3, -0.25) is 0 Å². The molecule has 0 aliphatic rings. The average Bonchev–Trinajstić information content (AvgIpc) is 2.76. The second kappa shape index (κ2) is 5.11. The van der Waals surface area contributed by atoms with Gasteiger partial charge in [0.05, 0.1) is 5.83 Å². The van der Waals surface area contributed by atoms with Gasteiger partial charge in [0.2, 0.25) is 0 Å². The summed E-state index contributed by atoms with van der Waals surface area (Å²) in [4.78, 5) is 0. The number of fused-ring (bicyclic) bond motifs is 1. The Hall–Kier alpha value is -1.67. The van der Waals surface area contributed by atoms with E-state index in [1.54, 1.807) is 23.5 Å². The summed E-state index contributed by atoms with van der Waals surface area (Å²) in [6.07, 6.45) is 4.94. The summed E-state index contributed by atoms with van der Waals surface area (Å²) in [6.45, 7) is 5.20. The van der Waals surface area contributed by atoms with Crippen LogP contribution < -0.4 is 0 Å². The van der Waals surface area contributed by atoms with Crippen molar-refractivity contribution >= 4 is 27.0 Å². The molecule has 2 rings (SSSR count). The quantitative estimate of drug-likeness (QED) is 0.639. The second-order valence-corrected chi connectivity index (χ2v) is 4.70. The van der Waals surface area contributed by atoms with Crippen molar-refractivity contribution < 1.29 is 4.39 Å². The number of thiophene rings is 1. The molecule has 0 fully saturated rings. The molecule has 0 radical (unpaired) electrons. The Morgan fingerprint density at radius 3 is 2.82 bits per heavy atom. The summed E-state index contributed by atoms with van der Waals surface area (Å²) >= 11 is 1.72. The lowest BCUT2D eigenvalue weighted by Crippen LogP contribution is -1.79. The van der Waals surface area contributed by atoms with Crippen molar-refractivity contribution in [3.63, 3.8) is 0 Å². The van der Waals surface area contributed by atoms with Crippen molar-refractivity contribution in [3.8, 4) is 0 Å². The van der Waals surface area contributed by atoms with Crippen LogP contribution >= 0.6 is 11.3 Å². The molecule has 17 heavy (non-hydrogen) atoms. The lowest BCUT2D eigenvalue weighted by molar-refractivity contribution is 0.641. The van der Waals surface area contributed by atoms with E-state index in [2.05, 4.69) is 30.2 Å². The molecule has 0 nitrogen and oxygen atoms in total. The fourth-order valence-corrected chi connectivity index (χ4v) is 2.40. The van der Waals surface area contributed by atoms with E-state index < -0.39 is 0 Å². The van der Waals surface area contributed by atoms with Crippen molar-refractivity contribution in [1.29, 1.82) is 0 Å². The molecule has 1 aromatic carbocycles. The van der Waals surface area contributed by atoms with Crippen LogP contribution in [0, 0.1) is 0 Å². The highest BCUT2D eigenvalue weighted by Gasteiger charge is 2.00. The summed E-state index contributed by atoms with van der Waals surface area (Å²) in [5, 5.41) is 3.28. The van der Waals surface area contributed by atoms with Gasteiger partial charge in [-0.2, -0.15) is 0 Å². The Morgan fingerprint density at radius 2 is 2.12 bits per heavy atom. The first-order valence-corrected chi connectivity index (χ1v) is 6.23. The molecule has 0 unspecified atom stereocenters. The lowest BCUT2D eigenvalue weighted by atomic mass is 10.0. The van der Waals surface area contributed by atoms with Gasteiger partial charge >= 0.3 is 0 Å². The molecular formula is C15H13FS. The Balaban J connectivity index is 2.46. The highest BCUT2D eigenvalue weighted by molar-refractivity contribution is 7.17. The minimum Gasteiger partial charge on any atom is -0.212 e. The maximum Gasteiger partial charge on any atom is 0.0968 e. The molecule has 0 bridgehead atoms. The number of rotatable bonds is 3. The Kier molecular flexibility index (Phi) is 3.55. The van der Waals surface area contributed by atoms with Crippen LogP contribution in [-0.2, 0) is 0 Å². The summed E-state index contributed by atoms with van der Waals surface area (Å²) in [7, 11) is 0. The summed E-state index contributed by atoms with van der Waals surface area (Å²) in [5.74, 6) is -0.207. The number of halogens is 1. The number of allylic oxidation sites excluding steroid dienone is 5. The van der Waals surface area contributed by atoms with Crippen LogP contribution in [0.4, 0.5) is 4.39 Å². The normalized spacial score (nSPS) is 13.1. The molecule has 0 saturated carbocycles. The zero-order chi connectivity index (χ0) is 12.3. The summed E-state index contributed by atoms with van der Waals surface area (Å²) < 4.78 is 14.0. The molecule has 1 heterocycles. The minimum atomic E-state index is -0.207. The largest absolute Gasteiger partial charge is 0.212 e. The monoisotopic (exact) mass is 244 g/mol. The van der Waals surface area contributed by atoms with Crippen molar-refractivity contribution in [2.24, 2.45) is 0 Å². The van der Waals surface area contributed by atoms with Gasteiger partial charge in [-0.25, -0.2) is 4.39 Å². The van der Waals surface area contributed by atoms with Gasteiger partial charge in [0.1, 0.15) is 0 Å². The third-order valence-corrected chi connectivity index (χ3v) is 3.40. The summed E-state index contributed by atoms with van der Waals surface area (Å²) in [5.41, 5.74) is 1.98. The van der Waals surface area contributed by atoms with E-state index in [0.717, 1.165) is 11.1 Å². The molecule has 0 aliphatic carbocycles. The summed E-state index contributed by atoms with van der Waals surface area (Å²) in [6, 6.07) is 8.30. The lowest BCUT2D eigenvalue weighted by Gasteiger charge is -2.01. The Labute approximate surface area is 104 Å². The maximum absolute atomic E-state index is 12.7. The van der Waals surface area contributed by atoms with E-state index in [4.69, 9.17) is 0 Å². The van der Waals surface area contributed by atoms with E-state index in [-0.39, 0.29) is 5.83 Å². The smallest absolute Gasteiger partial charge is 0.0968 e. The van der Waals surface area contributed by atoms with Crippen LogP contribution in [0.3, 0.4) is 0 Å². The fourth-order valence-electron chi connectivity index (χ4n) is 1.63. The van der Waals surface area contributed by atoms with E-state index in [9.17, 15) is 4.39 Å². The van der Waals surface area contributed by atoms with Gasteiger partial charge in [0.15, 0.2) is 0 Å². The fraction of sp³-hybridized carbons (Fsp3) is 0.0667. The van der Waals surface area contributed by atoms with E-state index in [0.29, 0.717) is 0 Å². The number of benzene rings is 1. The van der Waals surface area contributed by atoms with Crippen LogP contribution in [0.15, 0.2) is 60.3 Å². The van der Waals surface area contributed by atoms with E-state index >= 15 is 0 Å². The average molecular weight is 244 g/mol. The van der Waals surface area contributed by atoms with Crippen LogP contribution in [0.25, 0.3) is 15.7 Å². The minimum absolute atomic E-state index is 0.207. The van der Waals surface area contributed by atoms with Gasteiger partial charge in [0, 0.05) is 4.70 Å². The topological polar surface area (TPSA) is 0 Å². The zero-order valence-electron chi connectivity index (χ0n) is 9.61. The van der Waals surface area contributed by atoms with Crippen LogP contribution in [0.2, 0.25) is 0 Å². The van der Waals surface area contributed by atoms with Gasteiger partial charge in [-0.1, -0.05) is 24.8 Å². The van der Waals surface area contributed by atoms with Gasteiger partial charge < -0.3 is 0 Å². The number of hydrogen-bond acceptors (Lipinski definition) is 1. The van der Waals surface area contributed by atoms with Crippen LogP contribution in [-0.4, -0.2) is 0 Å². The van der Waals surface area contributed by atoms with Crippen molar-refractivity contribution in [2.45, 2.75) is 6.92 Å². The first kappa shape index (κ1) is 11.8. The Morgan fingerprint density at radius 1 is 1.29 bits per heavy atom. The van der Waals surface area contributed by atoms with Gasteiger partial charge in [0.25, 0.3) is 0 Å². The first-order chi connectivity index (χ1) is 8.20. The molecular weight excluding hydrogens is 231 g/mol. The molecule has 2 heteroatoms. The molecule has 86 valence electrons.